The minimum absolute atomic E-state index is 0.0347. The Bertz CT molecular complexity index is 247. The average Bonchev–Trinajstić information content (AvgIpc) is 2.29. The number of hydrogen-bond acceptors (Lipinski definition) is 2. The fraction of sp³-hybridized carbons (Fsp3) is 0.833. The van der Waals surface area contributed by atoms with Gasteiger partial charge in [0.25, 0.3) is 0 Å². The predicted molar refractivity (Wildman–Crippen MR) is 61.0 cm³/mol. The van der Waals surface area contributed by atoms with E-state index in [1.165, 1.54) is 6.42 Å². The van der Waals surface area contributed by atoms with E-state index in [9.17, 15) is 9.59 Å². The van der Waals surface area contributed by atoms with Gasteiger partial charge in [0.05, 0.1) is 0 Å². The highest BCUT2D eigenvalue weighted by Gasteiger charge is 2.25. The molecule has 1 amide bonds. The molecular weight excluding hydrogens is 206 g/mol. The molecule has 0 aromatic carbocycles. The first-order valence-electron chi connectivity index (χ1n) is 6.18. The van der Waals surface area contributed by atoms with Crippen molar-refractivity contribution in [2.45, 2.75) is 57.9 Å². The van der Waals surface area contributed by atoms with Gasteiger partial charge in [0.2, 0.25) is 5.91 Å². The van der Waals surface area contributed by atoms with E-state index < -0.39 is 12.0 Å². The first kappa shape index (κ1) is 13.0. The Kier molecular flexibility index (Phi) is 5.29. The van der Waals surface area contributed by atoms with Crippen molar-refractivity contribution in [1.29, 1.82) is 0 Å². The normalized spacial score (nSPS) is 19.1. The SMILES string of the molecule is CCCC(NC(=O)C1CCCCC1)C(=O)O. The summed E-state index contributed by atoms with van der Waals surface area (Å²) in [6, 6.07) is -0.709. The molecule has 4 heteroatoms. The van der Waals surface area contributed by atoms with Gasteiger partial charge in [-0.05, 0) is 19.3 Å². The van der Waals surface area contributed by atoms with Gasteiger partial charge in [-0.3, -0.25) is 4.79 Å². The van der Waals surface area contributed by atoms with Crippen LogP contribution in [0.5, 0.6) is 0 Å². The molecule has 2 N–H and O–H groups in total. The van der Waals surface area contributed by atoms with Crippen molar-refractivity contribution in [3.8, 4) is 0 Å². The van der Waals surface area contributed by atoms with E-state index in [0.29, 0.717) is 6.42 Å². The lowest BCUT2D eigenvalue weighted by Gasteiger charge is -2.23. The fourth-order valence-electron chi connectivity index (χ4n) is 2.20. The summed E-state index contributed by atoms with van der Waals surface area (Å²) in [4.78, 5) is 22.7. The number of carbonyl (C=O) groups excluding carboxylic acids is 1. The van der Waals surface area contributed by atoms with Gasteiger partial charge >= 0.3 is 5.97 Å². The molecule has 0 saturated heterocycles. The van der Waals surface area contributed by atoms with Gasteiger partial charge in [0.1, 0.15) is 6.04 Å². The number of rotatable bonds is 5. The van der Waals surface area contributed by atoms with Crippen molar-refractivity contribution in [1.82, 2.24) is 5.32 Å². The predicted octanol–water partition coefficient (Wildman–Crippen LogP) is 1.94. The van der Waals surface area contributed by atoms with Crippen LogP contribution in [0.1, 0.15) is 51.9 Å². The summed E-state index contributed by atoms with van der Waals surface area (Å²) in [5.74, 6) is -0.959. The number of carboxylic acid groups (broad SMARTS) is 1. The number of nitrogens with one attached hydrogen (secondary N) is 1. The van der Waals surface area contributed by atoms with Gasteiger partial charge in [-0.1, -0.05) is 32.6 Å². The molecule has 1 rings (SSSR count). The van der Waals surface area contributed by atoms with Crippen LogP contribution in [-0.4, -0.2) is 23.0 Å². The molecule has 0 heterocycles. The van der Waals surface area contributed by atoms with E-state index >= 15 is 0 Å². The Morgan fingerprint density at radius 2 is 1.94 bits per heavy atom. The van der Waals surface area contributed by atoms with Gasteiger partial charge in [0.15, 0.2) is 0 Å². The monoisotopic (exact) mass is 227 g/mol. The zero-order valence-electron chi connectivity index (χ0n) is 9.87. The topological polar surface area (TPSA) is 66.4 Å². The van der Waals surface area contributed by atoms with Crippen LogP contribution in [0.2, 0.25) is 0 Å². The highest BCUT2D eigenvalue weighted by atomic mass is 16.4. The van der Waals surface area contributed by atoms with Crippen LogP contribution in [0.4, 0.5) is 0 Å². The van der Waals surface area contributed by atoms with Crippen LogP contribution >= 0.6 is 0 Å². The van der Waals surface area contributed by atoms with E-state index in [2.05, 4.69) is 5.32 Å². The Morgan fingerprint density at radius 1 is 1.31 bits per heavy atom. The molecular formula is C12H21NO3. The number of amides is 1. The molecule has 92 valence electrons. The Morgan fingerprint density at radius 3 is 2.44 bits per heavy atom. The Balaban J connectivity index is 2.43. The molecule has 1 aliphatic carbocycles. The molecule has 0 spiro atoms. The van der Waals surface area contributed by atoms with Crippen LogP contribution in [0.25, 0.3) is 0 Å². The third-order valence-corrected chi connectivity index (χ3v) is 3.17. The number of hydrogen-bond donors (Lipinski definition) is 2. The van der Waals surface area contributed by atoms with Gasteiger partial charge < -0.3 is 10.4 Å². The zero-order chi connectivity index (χ0) is 12.0. The minimum Gasteiger partial charge on any atom is -0.480 e. The highest BCUT2D eigenvalue weighted by Crippen LogP contribution is 2.23. The average molecular weight is 227 g/mol. The summed E-state index contributed by atoms with van der Waals surface area (Å²) < 4.78 is 0. The molecule has 0 aliphatic heterocycles. The summed E-state index contributed by atoms with van der Waals surface area (Å²) in [5, 5.41) is 11.6. The maximum absolute atomic E-state index is 11.8. The lowest BCUT2D eigenvalue weighted by molar-refractivity contribution is -0.142. The molecule has 1 fully saturated rings. The highest BCUT2D eigenvalue weighted by molar-refractivity contribution is 5.84. The van der Waals surface area contributed by atoms with Crippen molar-refractivity contribution < 1.29 is 14.7 Å². The van der Waals surface area contributed by atoms with Crippen LogP contribution in [0.3, 0.4) is 0 Å². The second-order valence-electron chi connectivity index (χ2n) is 4.52. The van der Waals surface area contributed by atoms with Crippen LogP contribution in [0, 0.1) is 5.92 Å². The molecule has 1 aliphatic rings. The summed E-state index contributed by atoms with van der Waals surface area (Å²) in [5.41, 5.74) is 0. The van der Waals surface area contributed by atoms with Crippen molar-refractivity contribution >= 4 is 11.9 Å². The quantitative estimate of drug-likeness (QED) is 0.754. The molecule has 1 unspecified atom stereocenters. The van der Waals surface area contributed by atoms with E-state index in [1.54, 1.807) is 0 Å². The van der Waals surface area contributed by atoms with E-state index in [1.807, 2.05) is 6.92 Å². The molecule has 0 radical (unpaired) electrons. The molecule has 0 bridgehead atoms. The van der Waals surface area contributed by atoms with Crippen LogP contribution < -0.4 is 5.32 Å². The lowest BCUT2D eigenvalue weighted by Crippen LogP contribution is -2.43. The third kappa shape index (κ3) is 3.83. The summed E-state index contributed by atoms with van der Waals surface area (Å²) in [6.45, 7) is 1.92. The Labute approximate surface area is 96.4 Å². The van der Waals surface area contributed by atoms with Crippen LogP contribution in [0.15, 0.2) is 0 Å². The maximum Gasteiger partial charge on any atom is 0.326 e. The first-order chi connectivity index (χ1) is 7.65. The van der Waals surface area contributed by atoms with Crippen molar-refractivity contribution in [3.63, 3.8) is 0 Å². The minimum atomic E-state index is -0.925. The second kappa shape index (κ2) is 6.51. The smallest absolute Gasteiger partial charge is 0.326 e. The molecule has 1 atom stereocenters. The van der Waals surface area contributed by atoms with E-state index in [4.69, 9.17) is 5.11 Å². The number of aliphatic carboxylic acids is 1. The van der Waals surface area contributed by atoms with Crippen molar-refractivity contribution in [3.05, 3.63) is 0 Å². The summed E-state index contributed by atoms with van der Waals surface area (Å²) in [6.07, 6.45) is 6.46. The first-order valence-corrected chi connectivity index (χ1v) is 6.18. The number of carbonyl (C=O) groups is 2. The third-order valence-electron chi connectivity index (χ3n) is 3.17. The lowest BCUT2D eigenvalue weighted by atomic mass is 9.88. The van der Waals surface area contributed by atoms with Crippen LogP contribution in [-0.2, 0) is 9.59 Å². The second-order valence-corrected chi connectivity index (χ2v) is 4.52. The summed E-state index contributed by atoms with van der Waals surface area (Å²) in [7, 11) is 0. The van der Waals surface area contributed by atoms with Gasteiger partial charge in [0, 0.05) is 5.92 Å². The number of carboxylic acids is 1. The fourth-order valence-corrected chi connectivity index (χ4v) is 2.20. The Hall–Kier alpha value is -1.06. The van der Waals surface area contributed by atoms with Crippen molar-refractivity contribution in [2.24, 2.45) is 5.92 Å². The molecule has 16 heavy (non-hydrogen) atoms. The molecule has 0 aromatic heterocycles. The van der Waals surface area contributed by atoms with E-state index in [-0.39, 0.29) is 11.8 Å². The standard InChI is InChI=1S/C12H21NO3/c1-2-6-10(12(15)16)13-11(14)9-7-4-3-5-8-9/h9-10H,2-8H2,1H3,(H,13,14)(H,15,16). The van der Waals surface area contributed by atoms with E-state index in [0.717, 1.165) is 32.1 Å². The molecule has 4 nitrogen and oxygen atoms in total. The maximum atomic E-state index is 11.8. The van der Waals surface area contributed by atoms with Gasteiger partial charge in [-0.2, -0.15) is 0 Å². The van der Waals surface area contributed by atoms with Crippen molar-refractivity contribution in [2.75, 3.05) is 0 Å². The zero-order valence-corrected chi connectivity index (χ0v) is 9.87. The van der Waals surface area contributed by atoms with Gasteiger partial charge in [-0.25, -0.2) is 4.79 Å². The molecule has 1 saturated carbocycles. The molecule has 0 aromatic rings. The summed E-state index contributed by atoms with van der Waals surface area (Å²) >= 11 is 0. The largest absolute Gasteiger partial charge is 0.480 e. The van der Waals surface area contributed by atoms with Gasteiger partial charge in [-0.15, -0.1) is 0 Å².